The van der Waals surface area contributed by atoms with Crippen molar-refractivity contribution in [3.63, 3.8) is 0 Å². The summed E-state index contributed by atoms with van der Waals surface area (Å²) in [6.45, 7) is 0. The summed E-state index contributed by atoms with van der Waals surface area (Å²) < 4.78 is 13.7. The fourth-order valence-corrected chi connectivity index (χ4v) is 1.77. The Hall–Kier alpha value is -2.50. The van der Waals surface area contributed by atoms with Crippen molar-refractivity contribution in [2.75, 3.05) is 0 Å². The number of rotatable bonds is 4. The van der Waals surface area contributed by atoms with Gasteiger partial charge in [-0.3, -0.25) is 10.5 Å². The second kappa shape index (κ2) is 5.90. The van der Waals surface area contributed by atoms with Gasteiger partial charge in [0.1, 0.15) is 5.82 Å². The molecule has 0 aliphatic heterocycles. The third kappa shape index (κ3) is 3.48. The fraction of sp³-hybridized carbons (Fsp3) is 0.154. The zero-order valence-corrected chi connectivity index (χ0v) is 10.2. The first-order valence-electron chi connectivity index (χ1n) is 5.81. The molecule has 0 atom stereocenters. The summed E-state index contributed by atoms with van der Waals surface area (Å²) in [4.78, 5) is 3.91. The molecule has 98 valence electrons. The van der Waals surface area contributed by atoms with Crippen molar-refractivity contribution < 1.29 is 4.39 Å². The molecule has 19 heavy (non-hydrogen) atoms. The Kier molecular flexibility index (Phi) is 4.02. The van der Waals surface area contributed by atoms with Gasteiger partial charge < -0.3 is 5.73 Å². The summed E-state index contributed by atoms with van der Waals surface area (Å²) in [5, 5.41) is 13.9. The van der Waals surface area contributed by atoms with Crippen LogP contribution in [0.4, 0.5) is 4.39 Å². The average Bonchev–Trinajstić information content (AvgIpc) is 2.88. The molecule has 1 aromatic heterocycles. The van der Waals surface area contributed by atoms with Crippen molar-refractivity contribution in [3.05, 3.63) is 53.6 Å². The van der Waals surface area contributed by atoms with Gasteiger partial charge in [0.25, 0.3) is 0 Å². The highest BCUT2D eigenvalue weighted by Crippen LogP contribution is 2.12. The molecule has 0 saturated carbocycles. The van der Waals surface area contributed by atoms with Crippen LogP contribution in [0.15, 0.2) is 41.5 Å². The van der Waals surface area contributed by atoms with Gasteiger partial charge in [0.2, 0.25) is 5.96 Å². The molecule has 1 aromatic carbocycles. The number of benzene rings is 1. The number of nitrogens with zero attached hydrogens (tertiary/aromatic N) is 2. The summed E-state index contributed by atoms with van der Waals surface area (Å²) in [5.41, 5.74) is 7.04. The topological polar surface area (TPSA) is 90.9 Å². The highest BCUT2D eigenvalue weighted by Gasteiger charge is 2.10. The lowest BCUT2D eigenvalue weighted by molar-refractivity contribution is 0.624. The number of hydrogen-bond acceptors (Lipinski definition) is 2. The SMILES string of the molecule is N=C(N)N=C(CCc1ccn[nH]1)c1ccccc1F. The summed E-state index contributed by atoms with van der Waals surface area (Å²) in [6, 6.07) is 8.17. The highest BCUT2D eigenvalue weighted by atomic mass is 19.1. The van der Waals surface area contributed by atoms with Crippen LogP contribution in [-0.4, -0.2) is 21.9 Å². The number of aliphatic imine (C=N–C) groups is 1. The quantitative estimate of drug-likeness (QED) is 0.577. The van der Waals surface area contributed by atoms with Gasteiger partial charge in [-0.15, -0.1) is 0 Å². The Labute approximate surface area is 109 Å². The Balaban J connectivity index is 2.22. The van der Waals surface area contributed by atoms with Crippen LogP contribution in [0.25, 0.3) is 0 Å². The summed E-state index contributed by atoms with van der Waals surface area (Å²) in [5.74, 6) is -0.699. The molecule has 0 bridgehead atoms. The number of nitrogens with one attached hydrogen (secondary N) is 2. The van der Waals surface area contributed by atoms with E-state index in [4.69, 9.17) is 11.1 Å². The molecule has 0 radical (unpaired) electrons. The summed E-state index contributed by atoms with van der Waals surface area (Å²) in [6.07, 6.45) is 2.75. The predicted molar refractivity (Wildman–Crippen MR) is 71.8 cm³/mol. The van der Waals surface area contributed by atoms with Gasteiger partial charge in [0, 0.05) is 17.5 Å². The minimum Gasteiger partial charge on any atom is -0.368 e. The van der Waals surface area contributed by atoms with Crippen LogP contribution < -0.4 is 5.73 Å². The van der Waals surface area contributed by atoms with Gasteiger partial charge >= 0.3 is 0 Å². The van der Waals surface area contributed by atoms with E-state index in [1.54, 1.807) is 24.4 Å². The van der Waals surface area contributed by atoms with E-state index >= 15 is 0 Å². The third-order valence-electron chi connectivity index (χ3n) is 2.63. The zero-order chi connectivity index (χ0) is 13.7. The summed E-state index contributed by atoms with van der Waals surface area (Å²) >= 11 is 0. The predicted octanol–water partition coefficient (Wildman–Crippen LogP) is 1.86. The van der Waals surface area contributed by atoms with Crippen LogP contribution in [0, 0.1) is 11.2 Å². The number of aromatic amines is 1. The highest BCUT2D eigenvalue weighted by molar-refractivity contribution is 6.06. The van der Waals surface area contributed by atoms with Crippen molar-refractivity contribution in [1.82, 2.24) is 10.2 Å². The first kappa shape index (κ1) is 12.9. The van der Waals surface area contributed by atoms with Crippen molar-refractivity contribution in [3.8, 4) is 0 Å². The van der Waals surface area contributed by atoms with E-state index in [9.17, 15) is 4.39 Å². The number of halogens is 1. The van der Waals surface area contributed by atoms with E-state index in [-0.39, 0.29) is 11.8 Å². The summed E-state index contributed by atoms with van der Waals surface area (Å²) in [7, 11) is 0. The second-order valence-corrected chi connectivity index (χ2v) is 4.01. The van der Waals surface area contributed by atoms with E-state index in [0.717, 1.165) is 5.69 Å². The van der Waals surface area contributed by atoms with E-state index < -0.39 is 0 Å². The molecule has 6 heteroatoms. The van der Waals surface area contributed by atoms with Gasteiger partial charge in [-0.05, 0) is 25.0 Å². The van der Waals surface area contributed by atoms with Gasteiger partial charge in [-0.25, -0.2) is 9.38 Å². The molecule has 2 rings (SSSR count). The molecular weight excluding hydrogens is 245 g/mol. The molecule has 4 N–H and O–H groups in total. The first-order valence-corrected chi connectivity index (χ1v) is 5.81. The van der Waals surface area contributed by atoms with Crippen LogP contribution in [-0.2, 0) is 6.42 Å². The monoisotopic (exact) mass is 259 g/mol. The molecule has 2 aromatic rings. The normalized spacial score (nSPS) is 11.5. The smallest absolute Gasteiger partial charge is 0.212 e. The molecule has 0 fully saturated rings. The number of nitrogens with two attached hydrogens (primary N) is 1. The second-order valence-electron chi connectivity index (χ2n) is 4.01. The largest absolute Gasteiger partial charge is 0.368 e. The average molecular weight is 259 g/mol. The molecule has 5 nitrogen and oxygen atoms in total. The van der Waals surface area contributed by atoms with Crippen LogP contribution in [0.5, 0.6) is 0 Å². The Bertz CT molecular complexity index is 589. The molecule has 0 amide bonds. The van der Waals surface area contributed by atoms with Crippen LogP contribution >= 0.6 is 0 Å². The van der Waals surface area contributed by atoms with Gasteiger partial charge in [-0.1, -0.05) is 18.2 Å². The number of hydrogen-bond donors (Lipinski definition) is 3. The van der Waals surface area contributed by atoms with Gasteiger partial charge in [0.15, 0.2) is 0 Å². The van der Waals surface area contributed by atoms with Crippen molar-refractivity contribution in [2.24, 2.45) is 10.7 Å². The van der Waals surface area contributed by atoms with Crippen molar-refractivity contribution >= 4 is 11.7 Å². The molecule has 0 spiro atoms. The molecular formula is C13H14FN5. The Morgan fingerprint density at radius 1 is 1.37 bits per heavy atom. The maximum atomic E-state index is 13.7. The van der Waals surface area contributed by atoms with E-state index in [2.05, 4.69) is 15.2 Å². The molecule has 0 saturated heterocycles. The molecule has 0 aliphatic carbocycles. The number of aryl methyl sites for hydroxylation is 1. The first-order chi connectivity index (χ1) is 9.16. The lowest BCUT2D eigenvalue weighted by atomic mass is 10.0. The minimum absolute atomic E-state index is 0.331. The third-order valence-corrected chi connectivity index (χ3v) is 2.63. The van der Waals surface area contributed by atoms with Crippen LogP contribution in [0.2, 0.25) is 0 Å². The Morgan fingerprint density at radius 2 is 2.16 bits per heavy atom. The lowest BCUT2D eigenvalue weighted by Crippen LogP contribution is -2.13. The van der Waals surface area contributed by atoms with Crippen molar-refractivity contribution in [2.45, 2.75) is 12.8 Å². The molecule has 0 aliphatic rings. The van der Waals surface area contributed by atoms with Crippen molar-refractivity contribution in [1.29, 1.82) is 5.41 Å². The van der Waals surface area contributed by atoms with Gasteiger partial charge in [-0.2, -0.15) is 5.10 Å². The minimum atomic E-state index is -0.368. The molecule has 1 heterocycles. The number of H-pyrrole nitrogens is 1. The number of guanidine groups is 1. The van der Waals surface area contributed by atoms with Crippen LogP contribution in [0.3, 0.4) is 0 Å². The van der Waals surface area contributed by atoms with Gasteiger partial charge in [0.05, 0.1) is 5.71 Å². The number of aromatic nitrogens is 2. The standard InChI is InChI=1S/C13H14FN5/c14-11-4-2-1-3-10(11)12(18-13(15)16)6-5-9-7-8-17-19-9/h1-4,7-8H,5-6H2,(H3,15,16)(H,17,19). The zero-order valence-electron chi connectivity index (χ0n) is 10.2. The maximum Gasteiger partial charge on any atom is 0.212 e. The van der Waals surface area contributed by atoms with E-state index in [1.807, 2.05) is 6.07 Å². The Morgan fingerprint density at radius 3 is 2.79 bits per heavy atom. The fourth-order valence-electron chi connectivity index (χ4n) is 1.77. The molecule has 0 unspecified atom stereocenters. The maximum absolute atomic E-state index is 13.7. The lowest BCUT2D eigenvalue weighted by Gasteiger charge is -2.07. The van der Waals surface area contributed by atoms with E-state index in [1.165, 1.54) is 6.07 Å². The van der Waals surface area contributed by atoms with E-state index in [0.29, 0.717) is 24.1 Å². The van der Waals surface area contributed by atoms with Crippen LogP contribution in [0.1, 0.15) is 17.7 Å².